The van der Waals surface area contributed by atoms with Gasteiger partial charge in [0, 0.05) is 6.54 Å². The standard InChI is InChI=1S/C14H14N4O3/c15-11-3-1-2-4-12(11)18(8-6-13(19)20)14(21)10-5-7-16-17-9-10/h1-5,7,9H,6,8,15H2,(H,19,20). The van der Waals surface area contributed by atoms with Crippen LogP contribution in [0.2, 0.25) is 0 Å². The Morgan fingerprint density at radius 3 is 2.57 bits per heavy atom. The van der Waals surface area contributed by atoms with E-state index in [1.165, 1.54) is 23.4 Å². The van der Waals surface area contributed by atoms with Crippen LogP contribution in [0.25, 0.3) is 0 Å². The number of nitrogen functional groups attached to an aromatic ring is 1. The molecular weight excluding hydrogens is 272 g/mol. The van der Waals surface area contributed by atoms with E-state index in [9.17, 15) is 9.59 Å². The Morgan fingerprint density at radius 2 is 1.95 bits per heavy atom. The Balaban J connectivity index is 2.34. The van der Waals surface area contributed by atoms with E-state index in [0.717, 1.165) is 0 Å². The summed E-state index contributed by atoms with van der Waals surface area (Å²) in [5, 5.41) is 16.1. The number of hydrogen-bond donors (Lipinski definition) is 2. The number of rotatable bonds is 5. The van der Waals surface area contributed by atoms with E-state index in [-0.39, 0.29) is 18.9 Å². The van der Waals surface area contributed by atoms with Crippen LogP contribution in [0.5, 0.6) is 0 Å². The normalized spacial score (nSPS) is 10.1. The number of anilines is 2. The first-order chi connectivity index (χ1) is 10.1. The quantitative estimate of drug-likeness (QED) is 0.799. The summed E-state index contributed by atoms with van der Waals surface area (Å²) < 4.78 is 0. The van der Waals surface area contributed by atoms with Crippen molar-refractivity contribution in [1.29, 1.82) is 0 Å². The van der Waals surface area contributed by atoms with Crippen molar-refractivity contribution in [2.75, 3.05) is 17.2 Å². The van der Waals surface area contributed by atoms with E-state index in [0.29, 0.717) is 16.9 Å². The number of aromatic nitrogens is 2. The Hall–Kier alpha value is -2.96. The summed E-state index contributed by atoms with van der Waals surface area (Å²) in [5.41, 5.74) is 7.07. The molecule has 0 unspecified atom stereocenters. The van der Waals surface area contributed by atoms with Crippen LogP contribution in [-0.2, 0) is 4.79 Å². The van der Waals surface area contributed by atoms with Crippen molar-refractivity contribution in [3.05, 3.63) is 48.3 Å². The minimum Gasteiger partial charge on any atom is -0.481 e. The Bertz CT molecular complexity index is 646. The molecular formula is C14H14N4O3. The average Bonchev–Trinajstić information content (AvgIpc) is 2.49. The van der Waals surface area contributed by atoms with Gasteiger partial charge in [-0.15, -0.1) is 0 Å². The van der Waals surface area contributed by atoms with Crippen LogP contribution in [0.4, 0.5) is 11.4 Å². The summed E-state index contributed by atoms with van der Waals surface area (Å²) >= 11 is 0. The smallest absolute Gasteiger partial charge is 0.305 e. The number of aliphatic carboxylic acids is 1. The maximum atomic E-state index is 12.5. The largest absolute Gasteiger partial charge is 0.481 e. The van der Waals surface area contributed by atoms with E-state index < -0.39 is 5.97 Å². The number of amides is 1. The van der Waals surface area contributed by atoms with Crippen LogP contribution < -0.4 is 10.6 Å². The minimum absolute atomic E-state index is 0.0186. The number of carbonyl (C=O) groups excluding carboxylic acids is 1. The number of benzene rings is 1. The highest BCUT2D eigenvalue weighted by molar-refractivity contribution is 6.07. The highest BCUT2D eigenvalue weighted by atomic mass is 16.4. The maximum absolute atomic E-state index is 12.5. The van der Waals surface area contributed by atoms with Crippen LogP contribution in [0.15, 0.2) is 42.7 Å². The lowest BCUT2D eigenvalue weighted by atomic mass is 10.2. The highest BCUT2D eigenvalue weighted by Gasteiger charge is 2.20. The fraction of sp³-hybridized carbons (Fsp3) is 0.143. The van der Waals surface area contributed by atoms with Crippen LogP contribution in [0.3, 0.4) is 0 Å². The third kappa shape index (κ3) is 3.53. The summed E-state index contributed by atoms with van der Waals surface area (Å²) in [6, 6.07) is 8.32. The summed E-state index contributed by atoms with van der Waals surface area (Å²) in [5.74, 6) is -1.36. The van der Waals surface area contributed by atoms with Gasteiger partial charge in [0.25, 0.3) is 5.91 Å². The minimum atomic E-state index is -0.991. The molecule has 0 spiro atoms. The second kappa shape index (κ2) is 6.47. The molecule has 1 heterocycles. The lowest BCUT2D eigenvalue weighted by Crippen LogP contribution is -2.33. The first kappa shape index (κ1) is 14.4. The fourth-order valence-electron chi connectivity index (χ4n) is 1.85. The molecule has 1 aromatic carbocycles. The molecule has 7 nitrogen and oxygen atoms in total. The summed E-state index contributed by atoms with van der Waals surface area (Å²) in [4.78, 5) is 24.6. The Kier molecular flexibility index (Phi) is 4.45. The van der Waals surface area contributed by atoms with Gasteiger partial charge >= 0.3 is 5.97 Å². The van der Waals surface area contributed by atoms with Gasteiger partial charge in [0.15, 0.2) is 0 Å². The van der Waals surface area contributed by atoms with E-state index in [2.05, 4.69) is 10.2 Å². The molecule has 3 N–H and O–H groups in total. The lowest BCUT2D eigenvalue weighted by Gasteiger charge is -2.23. The van der Waals surface area contributed by atoms with Crippen molar-refractivity contribution < 1.29 is 14.7 Å². The van der Waals surface area contributed by atoms with Crippen LogP contribution in [-0.4, -0.2) is 33.7 Å². The first-order valence-electron chi connectivity index (χ1n) is 6.24. The number of hydrogen-bond acceptors (Lipinski definition) is 5. The fourth-order valence-corrected chi connectivity index (χ4v) is 1.85. The van der Waals surface area contributed by atoms with Gasteiger partial charge in [-0.1, -0.05) is 12.1 Å². The topological polar surface area (TPSA) is 109 Å². The van der Waals surface area contributed by atoms with Crippen LogP contribution in [0, 0.1) is 0 Å². The van der Waals surface area contributed by atoms with E-state index in [1.807, 2.05) is 0 Å². The molecule has 0 fully saturated rings. The predicted molar refractivity (Wildman–Crippen MR) is 76.8 cm³/mol. The van der Waals surface area contributed by atoms with Gasteiger partial charge in [0.2, 0.25) is 0 Å². The molecule has 0 aliphatic heterocycles. The van der Waals surface area contributed by atoms with E-state index in [4.69, 9.17) is 10.8 Å². The number of para-hydroxylation sites is 2. The van der Waals surface area contributed by atoms with Crippen LogP contribution in [0.1, 0.15) is 16.8 Å². The van der Waals surface area contributed by atoms with Gasteiger partial charge in [-0.3, -0.25) is 9.59 Å². The molecule has 0 saturated carbocycles. The Morgan fingerprint density at radius 1 is 1.19 bits per heavy atom. The zero-order chi connectivity index (χ0) is 15.2. The number of carbonyl (C=O) groups is 2. The van der Waals surface area contributed by atoms with E-state index >= 15 is 0 Å². The molecule has 7 heteroatoms. The lowest BCUT2D eigenvalue weighted by molar-refractivity contribution is -0.136. The SMILES string of the molecule is Nc1ccccc1N(CCC(=O)O)C(=O)c1ccnnc1. The molecule has 2 rings (SSSR count). The molecule has 0 aliphatic rings. The van der Waals surface area contributed by atoms with Crippen molar-refractivity contribution in [2.45, 2.75) is 6.42 Å². The van der Waals surface area contributed by atoms with Gasteiger partial charge in [-0.2, -0.15) is 10.2 Å². The van der Waals surface area contributed by atoms with Gasteiger partial charge in [0.1, 0.15) is 0 Å². The molecule has 2 aromatic rings. The van der Waals surface area contributed by atoms with Crippen molar-refractivity contribution in [3.63, 3.8) is 0 Å². The number of carboxylic acid groups (broad SMARTS) is 1. The molecule has 0 radical (unpaired) electrons. The summed E-state index contributed by atoms with van der Waals surface area (Å²) in [7, 11) is 0. The second-order valence-corrected chi connectivity index (χ2v) is 4.29. The predicted octanol–water partition coefficient (Wildman–Crippen LogP) is 1.18. The van der Waals surface area contributed by atoms with Crippen molar-refractivity contribution in [3.8, 4) is 0 Å². The molecule has 0 bridgehead atoms. The summed E-state index contributed by atoms with van der Waals surface area (Å²) in [6.45, 7) is 0.0186. The zero-order valence-corrected chi connectivity index (χ0v) is 11.1. The van der Waals surface area contributed by atoms with Crippen molar-refractivity contribution in [2.24, 2.45) is 0 Å². The van der Waals surface area contributed by atoms with Crippen LogP contribution >= 0.6 is 0 Å². The average molecular weight is 286 g/mol. The second-order valence-electron chi connectivity index (χ2n) is 4.29. The molecule has 21 heavy (non-hydrogen) atoms. The number of nitrogens with zero attached hydrogens (tertiary/aromatic N) is 3. The summed E-state index contributed by atoms with van der Waals surface area (Å²) in [6.07, 6.45) is 2.55. The third-order valence-electron chi connectivity index (χ3n) is 2.85. The maximum Gasteiger partial charge on any atom is 0.305 e. The van der Waals surface area contributed by atoms with Gasteiger partial charge in [-0.05, 0) is 18.2 Å². The molecule has 0 aliphatic carbocycles. The monoisotopic (exact) mass is 286 g/mol. The molecule has 0 saturated heterocycles. The molecule has 1 aromatic heterocycles. The van der Waals surface area contributed by atoms with Gasteiger partial charge < -0.3 is 15.7 Å². The van der Waals surface area contributed by atoms with Gasteiger partial charge in [-0.25, -0.2) is 0 Å². The molecule has 1 amide bonds. The van der Waals surface area contributed by atoms with Crippen molar-refractivity contribution >= 4 is 23.3 Å². The highest BCUT2D eigenvalue weighted by Crippen LogP contribution is 2.24. The number of nitrogens with two attached hydrogens (primary N) is 1. The molecule has 108 valence electrons. The van der Waals surface area contributed by atoms with Crippen molar-refractivity contribution in [1.82, 2.24) is 10.2 Å². The third-order valence-corrected chi connectivity index (χ3v) is 2.85. The number of carboxylic acids is 1. The molecule has 0 atom stereocenters. The van der Waals surface area contributed by atoms with Gasteiger partial charge in [0.05, 0.1) is 35.8 Å². The zero-order valence-electron chi connectivity index (χ0n) is 11.1. The Labute approximate surface area is 121 Å². The van der Waals surface area contributed by atoms with E-state index in [1.54, 1.807) is 24.3 Å². The first-order valence-corrected chi connectivity index (χ1v) is 6.24.